The van der Waals surface area contributed by atoms with Gasteiger partial charge < -0.3 is 20.1 Å². The smallest absolute Gasteiger partial charge is 0.321 e. The van der Waals surface area contributed by atoms with Crippen molar-refractivity contribution in [2.24, 2.45) is 0 Å². The predicted molar refractivity (Wildman–Crippen MR) is 78.4 cm³/mol. The Morgan fingerprint density at radius 2 is 2.19 bits per heavy atom. The topological polar surface area (TPSA) is 78.9 Å². The Morgan fingerprint density at radius 1 is 1.43 bits per heavy atom. The minimum absolute atomic E-state index is 0.0683. The average molecular weight is 292 g/mol. The van der Waals surface area contributed by atoms with Crippen molar-refractivity contribution in [2.75, 3.05) is 25.5 Å². The molecular formula is C15H20N2O4. The number of carbonyl (C=O) groups is 2. The molecule has 6 nitrogen and oxygen atoms in total. The second-order valence-corrected chi connectivity index (χ2v) is 5.10. The van der Waals surface area contributed by atoms with E-state index in [0.29, 0.717) is 24.3 Å². The van der Waals surface area contributed by atoms with E-state index in [9.17, 15) is 9.59 Å². The number of amides is 2. The number of carboxylic acids is 1. The first-order valence-corrected chi connectivity index (χ1v) is 6.98. The van der Waals surface area contributed by atoms with Crippen LogP contribution in [-0.4, -0.2) is 48.3 Å². The van der Waals surface area contributed by atoms with E-state index in [-0.39, 0.29) is 18.6 Å². The Balaban J connectivity index is 2.04. The monoisotopic (exact) mass is 292 g/mol. The number of nitrogens with zero attached hydrogens (tertiary/aromatic N) is 1. The van der Waals surface area contributed by atoms with E-state index in [2.05, 4.69) is 5.32 Å². The number of rotatable bonds is 4. The van der Waals surface area contributed by atoms with Crippen molar-refractivity contribution in [3.63, 3.8) is 0 Å². The van der Waals surface area contributed by atoms with Gasteiger partial charge >= 0.3 is 12.0 Å². The Bertz CT molecular complexity index is 518. The molecule has 1 aromatic rings. The first-order valence-electron chi connectivity index (χ1n) is 6.98. The standard InChI is InChI=1S/C15H20N2O4/c1-21-12-6-4-8-17(10-12)15(20)16-13-7-3-2-5-11(13)9-14(18)19/h2-3,5,7,12H,4,6,8-10H2,1H3,(H,16,20)(H,18,19). The summed E-state index contributed by atoms with van der Waals surface area (Å²) in [5, 5.41) is 11.7. The van der Waals surface area contributed by atoms with Gasteiger partial charge in [0.1, 0.15) is 0 Å². The number of hydrogen-bond acceptors (Lipinski definition) is 3. The second-order valence-electron chi connectivity index (χ2n) is 5.10. The molecule has 1 fully saturated rings. The fourth-order valence-corrected chi connectivity index (χ4v) is 2.47. The Labute approximate surface area is 123 Å². The number of likely N-dealkylation sites (tertiary alicyclic amines) is 1. The van der Waals surface area contributed by atoms with Gasteiger partial charge in [-0.1, -0.05) is 18.2 Å². The van der Waals surface area contributed by atoms with E-state index in [0.717, 1.165) is 12.8 Å². The number of piperidine rings is 1. The van der Waals surface area contributed by atoms with Crippen molar-refractivity contribution in [2.45, 2.75) is 25.4 Å². The number of urea groups is 1. The van der Waals surface area contributed by atoms with E-state index < -0.39 is 5.97 Å². The second kappa shape index (κ2) is 7.08. The highest BCUT2D eigenvalue weighted by Crippen LogP contribution is 2.18. The molecule has 0 aromatic heterocycles. The molecule has 6 heteroatoms. The maximum Gasteiger partial charge on any atom is 0.321 e. The third-order valence-electron chi connectivity index (χ3n) is 3.60. The molecule has 0 bridgehead atoms. The van der Waals surface area contributed by atoms with Gasteiger partial charge in [0, 0.05) is 25.9 Å². The quantitative estimate of drug-likeness (QED) is 0.889. The van der Waals surface area contributed by atoms with Gasteiger partial charge in [0.05, 0.1) is 12.5 Å². The molecule has 2 rings (SSSR count). The summed E-state index contributed by atoms with van der Waals surface area (Å²) in [5.41, 5.74) is 1.14. The van der Waals surface area contributed by atoms with Crippen LogP contribution in [0.3, 0.4) is 0 Å². The first kappa shape index (κ1) is 15.3. The minimum Gasteiger partial charge on any atom is -0.481 e. The number of benzene rings is 1. The zero-order valence-electron chi connectivity index (χ0n) is 12.0. The lowest BCUT2D eigenvalue weighted by Gasteiger charge is -2.32. The molecule has 1 heterocycles. The van der Waals surface area contributed by atoms with Crippen molar-refractivity contribution in [3.8, 4) is 0 Å². The molecule has 1 aliphatic heterocycles. The largest absolute Gasteiger partial charge is 0.481 e. The molecule has 1 unspecified atom stereocenters. The van der Waals surface area contributed by atoms with E-state index >= 15 is 0 Å². The first-order chi connectivity index (χ1) is 10.1. The highest BCUT2D eigenvalue weighted by Gasteiger charge is 2.23. The molecular weight excluding hydrogens is 272 g/mol. The third kappa shape index (κ3) is 4.19. The molecule has 1 aromatic carbocycles. The Kier molecular flexibility index (Phi) is 5.16. The van der Waals surface area contributed by atoms with E-state index in [1.165, 1.54) is 0 Å². The van der Waals surface area contributed by atoms with Gasteiger partial charge in [0.15, 0.2) is 0 Å². The summed E-state index contributed by atoms with van der Waals surface area (Å²) in [6.45, 7) is 1.25. The van der Waals surface area contributed by atoms with Crippen LogP contribution in [-0.2, 0) is 16.0 Å². The summed E-state index contributed by atoms with van der Waals surface area (Å²) in [6.07, 6.45) is 1.81. The molecule has 0 radical (unpaired) electrons. The van der Waals surface area contributed by atoms with Gasteiger partial charge in [-0.05, 0) is 24.5 Å². The zero-order valence-corrected chi connectivity index (χ0v) is 12.0. The molecule has 0 aliphatic carbocycles. The fourth-order valence-electron chi connectivity index (χ4n) is 2.47. The highest BCUT2D eigenvalue weighted by molar-refractivity contribution is 5.91. The molecule has 0 spiro atoms. The van der Waals surface area contributed by atoms with E-state index in [1.54, 1.807) is 36.3 Å². The van der Waals surface area contributed by atoms with Gasteiger partial charge in [0.25, 0.3) is 0 Å². The van der Waals surface area contributed by atoms with Crippen LogP contribution < -0.4 is 5.32 Å². The van der Waals surface area contributed by atoms with Gasteiger partial charge in [0.2, 0.25) is 0 Å². The molecule has 1 aliphatic rings. The lowest BCUT2D eigenvalue weighted by molar-refractivity contribution is -0.136. The van der Waals surface area contributed by atoms with Crippen molar-refractivity contribution in [1.82, 2.24) is 4.90 Å². The lowest BCUT2D eigenvalue weighted by atomic mass is 10.1. The number of nitrogens with one attached hydrogen (secondary N) is 1. The molecule has 1 atom stereocenters. The van der Waals surface area contributed by atoms with Crippen LogP contribution in [0.4, 0.5) is 10.5 Å². The van der Waals surface area contributed by atoms with Crippen molar-refractivity contribution >= 4 is 17.7 Å². The number of anilines is 1. The SMILES string of the molecule is COC1CCCN(C(=O)Nc2ccccc2CC(=O)O)C1. The average Bonchev–Trinajstić information content (AvgIpc) is 2.48. The Morgan fingerprint density at radius 3 is 2.90 bits per heavy atom. The molecule has 2 N–H and O–H groups in total. The van der Waals surface area contributed by atoms with Gasteiger partial charge in [-0.3, -0.25) is 4.79 Å². The normalized spacial score (nSPS) is 18.3. The van der Waals surface area contributed by atoms with Crippen LogP contribution in [0, 0.1) is 0 Å². The summed E-state index contributed by atoms with van der Waals surface area (Å²) < 4.78 is 5.30. The van der Waals surface area contributed by atoms with Crippen LogP contribution >= 0.6 is 0 Å². The lowest BCUT2D eigenvalue weighted by Crippen LogP contribution is -2.45. The summed E-state index contributed by atoms with van der Waals surface area (Å²) in [4.78, 5) is 24.8. The Hall–Kier alpha value is -2.08. The van der Waals surface area contributed by atoms with Crippen molar-refractivity contribution < 1.29 is 19.4 Å². The zero-order chi connectivity index (χ0) is 15.2. The fraction of sp³-hybridized carbons (Fsp3) is 0.467. The number of ether oxygens (including phenoxy) is 1. The summed E-state index contributed by atoms with van der Waals surface area (Å²) in [7, 11) is 1.65. The van der Waals surface area contributed by atoms with Crippen LogP contribution in [0.2, 0.25) is 0 Å². The number of aliphatic carboxylic acids is 1. The molecule has 1 saturated heterocycles. The highest BCUT2D eigenvalue weighted by atomic mass is 16.5. The number of para-hydroxylation sites is 1. The number of methoxy groups -OCH3 is 1. The minimum atomic E-state index is -0.922. The van der Waals surface area contributed by atoms with E-state index in [4.69, 9.17) is 9.84 Å². The van der Waals surface area contributed by atoms with Gasteiger partial charge in [-0.2, -0.15) is 0 Å². The molecule has 0 saturated carbocycles. The summed E-state index contributed by atoms with van der Waals surface area (Å²) in [5.74, 6) is -0.922. The maximum atomic E-state index is 12.3. The van der Waals surface area contributed by atoms with Gasteiger partial charge in [-0.15, -0.1) is 0 Å². The predicted octanol–water partition coefficient (Wildman–Crippen LogP) is 1.96. The maximum absolute atomic E-state index is 12.3. The van der Waals surface area contributed by atoms with Crippen molar-refractivity contribution in [3.05, 3.63) is 29.8 Å². The van der Waals surface area contributed by atoms with Crippen LogP contribution in [0.25, 0.3) is 0 Å². The van der Waals surface area contributed by atoms with Crippen LogP contribution in [0.15, 0.2) is 24.3 Å². The molecule has 2 amide bonds. The van der Waals surface area contributed by atoms with Crippen LogP contribution in [0.5, 0.6) is 0 Å². The van der Waals surface area contributed by atoms with Gasteiger partial charge in [-0.25, -0.2) is 4.79 Å². The number of hydrogen-bond donors (Lipinski definition) is 2. The number of carbonyl (C=O) groups excluding carboxylic acids is 1. The number of carboxylic acid groups (broad SMARTS) is 1. The van der Waals surface area contributed by atoms with Crippen molar-refractivity contribution in [1.29, 1.82) is 0 Å². The third-order valence-corrected chi connectivity index (χ3v) is 3.60. The molecule has 114 valence electrons. The van der Waals surface area contributed by atoms with E-state index in [1.807, 2.05) is 0 Å². The van der Waals surface area contributed by atoms with Crippen LogP contribution in [0.1, 0.15) is 18.4 Å². The molecule has 21 heavy (non-hydrogen) atoms. The summed E-state index contributed by atoms with van der Waals surface area (Å²) >= 11 is 0. The summed E-state index contributed by atoms with van der Waals surface area (Å²) in [6, 6.07) is 6.74.